The molecule has 16 heavy (non-hydrogen) atoms. The van der Waals surface area contributed by atoms with Gasteiger partial charge in [-0.25, -0.2) is 0 Å². The minimum atomic E-state index is 0.176. The van der Waals surface area contributed by atoms with Crippen LogP contribution in [-0.4, -0.2) is 34.7 Å². The van der Waals surface area contributed by atoms with Crippen LogP contribution in [0, 0.1) is 0 Å². The second-order valence-corrected chi connectivity index (χ2v) is 4.82. The first-order valence-electron chi connectivity index (χ1n) is 5.53. The Morgan fingerprint density at radius 1 is 1.44 bits per heavy atom. The van der Waals surface area contributed by atoms with Crippen LogP contribution in [0.4, 0.5) is 0 Å². The molecule has 0 fully saturated rings. The van der Waals surface area contributed by atoms with Crippen LogP contribution in [0.2, 0.25) is 0 Å². The number of hydrogen-bond acceptors (Lipinski definition) is 4. The number of nitrogens with one attached hydrogen (secondary N) is 1. The Labute approximate surface area is 102 Å². The fraction of sp³-hybridized carbons (Fsp3) is 0.583. The number of rotatable bonds is 7. The van der Waals surface area contributed by atoms with Crippen LogP contribution in [-0.2, 0) is 0 Å². The molecule has 0 saturated heterocycles. The highest BCUT2D eigenvalue weighted by Gasteiger charge is 2.11. The van der Waals surface area contributed by atoms with E-state index in [4.69, 9.17) is 0 Å². The van der Waals surface area contributed by atoms with Gasteiger partial charge in [-0.2, -0.15) is 11.8 Å². The van der Waals surface area contributed by atoms with Crippen molar-refractivity contribution in [2.45, 2.75) is 25.4 Å². The molecule has 2 unspecified atom stereocenters. The number of pyridine rings is 1. The van der Waals surface area contributed by atoms with Gasteiger partial charge < -0.3 is 10.4 Å². The Balaban J connectivity index is 2.45. The van der Waals surface area contributed by atoms with Crippen molar-refractivity contribution in [3.63, 3.8) is 0 Å². The molecule has 0 bridgehead atoms. The van der Waals surface area contributed by atoms with Crippen molar-refractivity contribution >= 4 is 11.8 Å². The third-order valence-electron chi connectivity index (χ3n) is 2.58. The number of aromatic nitrogens is 1. The van der Waals surface area contributed by atoms with Gasteiger partial charge in [-0.1, -0.05) is 0 Å². The maximum atomic E-state index is 9.26. The molecule has 0 radical (unpaired) electrons. The first-order valence-corrected chi connectivity index (χ1v) is 6.93. The Kier molecular flexibility index (Phi) is 6.45. The lowest BCUT2D eigenvalue weighted by Gasteiger charge is -2.21. The van der Waals surface area contributed by atoms with Crippen molar-refractivity contribution in [1.82, 2.24) is 10.3 Å². The number of aliphatic hydroxyl groups excluding tert-OH is 1. The monoisotopic (exact) mass is 240 g/mol. The topological polar surface area (TPSA) is 45.1 Å². The van der Waals surface area contributed by atoms with E-state index in [0.717, 1.165) is 12.2 Å². The van der Waals surface area contributed by atoms with Crippen LogP contribution in [0.3, 0.4) is 0 Å². The summed E-state index contributed by atoms with van der Waals surface area (Å²) in [5.74, 6) is 1.07. The highest BCUT2D eigenvalue weighted by Crippen LogP contribution is 2.12. The highest BCUT2D eigenvalue weighted by atomic mass is 32.2. The van der Waals surface area contributed by atoms with Crippen LogP contribution in [0.5, 0.6) is 0 Å². The summed E-state index contributed by atoms with van der Waals surface area (Å²) in [6.45, 7) is 2.30. The van der Waals surface area contributed by atoms with Gasteiger partial charge in [0, 0.05) is 24.5 Å². The Bertz CT molecular complexity index is 282. The largest absolute Gasteiger partial charge is 0.395 e. The molecule has 1 rings (SSSR count). The molecule has 0 saturated carbocycles. The van der Waals surface area contributed by atoms with Gasteiger partial charge in [-0.05, 0) is 43.0 Å². The smallest absolute Gasteiger partial charge is 0.0585 e. The molecular formula is C12H20N2OS. The minimum Gasteiger partial charge on any atom is -0.395 e. The standard InChI is InChI=1S/C12H20N2OS/c1-10(11-3-6-13-7-4-11)14-12(9-15)5-8-16-2/h3-4,6-7,10,12,14-15H,5,8-9H2,1-2H3. The lowest BCUT2D eigenvalue weighted by Crippen LogP contribution is -2.35. The normalized spacial score (nSPS) is 14.7. The summed E-state index contributed by atoms with van der Waals surface area (Å²) in [4.78, 5) is 4.00. The van der Waals surface area contributed by atoms with Crippen molar-refractivity contribution < 1.29 is 5.11 Å². The second kappa shape index (κ2) is 7.65. The van der Waals surface area contributed by atoms with E-state index < -0.39 is 0 Å². The molecule has 90 valence electrons. The zero-order valence-electron chi connectivity index (χ0n) is 9.89. The van der Waals surface area contributed by atoms with Gasteiger partial charge in [0.05, 0.1) is 6.61 Å². The van der Waals surface area contributed by atoms with Gasteiger partial charge in [-0.3, -0.25) is 4.98 Å². The van der Waals surface area contributed by atoms with Gasteiger partial charge in [0.15, 0.2) is 0 Å². The maximum Gasteiger partial charge on any atom is 0.0585 e. The van der Waals surface area contributed by atoms with Crippen LogP contribution in [0.1, 0.15) is 24.9 Å². The Morgan fingerprint density at radius 2 is 2.12 bits per heavy atom. The van der Waals surface area contributed by atoms with E-state index in [0.29, 0.717) is 0 Å². The predicted molar refractivity (Wildman–Crippen MR) is 69.7 cm³/mol. The van der Waals surface area contributed by atoms with Gasteiger partial charge in [-0.15, -0.1) is 0 Å². The molecule has 0 aliphatic rings. The lowest BCUT2D eigenvalue weighted by molar-refractivity contribution is 0.231. The molecule has 0 aliphatic carbocycles. The average molecular weight is 240 g/mol. The predicted octanol–water partition coefficient (Wildman–Crippen LogP) is 1.85. The minimum absolute atomic E-state index is 0.176. The van der Waals surface area contributed by atoms with Crippen molar-refractivity contribution in [1.29, 1.82) is 0 Å². The van der Waals surface area contributed by atoms with E-state index in [2.05, 4.69) is 23.5 Å². The third kappa shape index (κ3) is 4.51. The summed E-state index contributed by atoms with van der Waals surface area (Å²) in [7, 11) is 0. The van der Waals surface area contributed by atoms with Crippen LogP contribution < -0.4 is 5.32 Å². The fourth-order valence-electron chi connectivity index (χ4n) is 1.59. The van der Waals surface area contributed by atoms with E-state index in [9.17, 15) is 5.11 Å². The van der Waals surface area contributed by atoms with E-state index >= 15 is 0 Å². The molecule has 1 aromatic heterocycles. The molecule has 0 aliphatic heterocycles. The number of nitrogens with zero attached hydrogens (tertiary/aromatic N) is 1. The maximum absolute atomic E-state index is 9.26. The number of thioether (sulfide) groups is 1. The molecule has 0 amide bonds. The number of hydrogen-bond donors (Lipinski definition) is 2. The van der Waals surface area contributed by atoms with Gasteiger partial charge in [0.1, 0.15) is 0 Å². The summed E-state index contributed by atoms with van der Waals surface area (Å²) >= 11 is 1.81. The van der Waals surface area contributed by atoms with Gasteiger partial charge in [0.2, 0.25) is 0 Å². The van der Waals surface area contributed by atoms with E-state index in [1.165, 1.54) is 5.56 Å². The molecule has 1 aromatic rings. The van der Waals surface area contributed by atoms with E-state index in [1.54, 1.807) is 12.4 Å². The molecule has 2 atom stereocenters. The van der Waals surface area contributed by atoms with Crippen molar-refractivity contribution in [2.75, 3.05) is 18.6 Å². The second-order valence-electron chi connectivity index (χ2n) is 3.83. The molecule has 3 nitrogen and oxygen atoms in total. The molecule has 0 spiro atoms. The summed E-state index contributed by atoms with van der Waals surface area (Å²) < 4.78 is 0. The zero-order chi connectivity index (χ0) is 11.8. The van der Waals surface area contributed by atoms with Gasteiger partial charge >= 0.3 is 0 Å². The summed E-state index contributed by atoms with van der Waals surface area (Å²) in [6.07, 6.45) is 6.67. The van der Waals surface area contributed by atoms with Crippen molar-refractivity contribution in [3.8, 4) is 0 Å². The molecular weight excluding hydrogens is 220 g/mol. The first kappa shape index (κ1) is 13.5. The molecule has 2 N–H and O–H groups in total. The highest BCUT2D eigenvalue weighted by molar-refractivity contribution is 7.98. The molecule has 4 heteroatoms. The van der Waals surface area contributed by atoms with E-state index in [1.807, 2.05) is 23.9 Å². The third-order valence-corrected chi connectivity index (χ3v) is 3.23. The number of aliphatic hydroxyl groups is 1. The quantitative estimate of drug-likeness (QED) is 0.763. The fourth-order valence-corrected chi connectivity index (χ4v) is 2.11. The molecule has 1 heterocycles. The van der Waals surface area contributed by atoms with E-state index in [-0.39, 0.29) is 18.7 Å². The van der Waals surface area contributed by atoms with Crippen LogP contribution >= 0.6 is 11.8 Å². The molecule has 0 aromatic carbocycles. The van der Waals surface area contributed by atoms with Crippen LogP contribution in [0.25, 0.3) is 0 Å². The zero-order valence-corrected chi connectivity index (χ0v) is 10.7. The lowest BCUT2D eigenvalue weighted by atomic mass is 10.1. The van der Waals surface area contributed by atoms with Gasteiger partial charge in [0.25, 0.3) is 0 Å². The average Bonchev–Trinajstić information content (AvgIpc) is 2.35. The SMILES string of the molecule is CSCCC(CO)NC(C)c1ccncc1. The Morgan fingerprint density at radius 3 is 2.69 bits per heavy atom. The van der Waals surface area contributed by atoms with Crippen molar-refractivity contribution in [2.24, 2.45) is 0 Å². The summed E-state index contributed by atoms with van der Waals surface area (Å²) in [6, 6.07) is 4.43. The first-order chi connectivity index (χ1) is 7.77. The van der Waals surface area contributed by atoms with Crippen LogP contribution in [0.15, 0.2) is 24.5 Å². The van der Waals surface area contributed by atoms with Crippen molar-refractivity contribution in [3.05, 3.63) is 30.1 Å². The summed E-state index contributed by atoms with van der Waals surface area (Å²) in [5, 5.41) is 12.7. The Hall–Kier alpha value is -0.580. The summed E-state index contributed by atoms with van der Waals surface area (Å²) in [5.41, 5.74) is 1.21.